The molecule has 0 aromatic heterocycles. The van der Waals surface area contributed by atoms with Crippen molar-refractivity contribution in [3.05, 3.63) is 34.1 Å². The molecule has 1 N–H and O–H groups in total. The third-order valence-corrected chi connectivity index (χ3v) is 3.43. The topological polar surface area (TPSA) is 35.6 Å². The summed E-state index contributed by atoms with van der Waals surface area (Å²) >= 11 is 3.23. The number of amides is 1. The third-order valence-electron chi connectivity index (χ3n) is 2.94. The van der Waals surface area contributed by atoms with Crippen molar-refractivity contribution in [1.82, 2.24) is 15.3 Å². The maximum Gasteiger partial charge on any atom is 0.268 e. The first-order valence-corrected chi connectivity index (χ1v) is 6.55. The molecular weight excluding hydrogens is 301 g/mol. The van der Waals surface area contributed by atoms with E-state index in [0.717, 1.165) is 26.2 Å². The van der Waals surface area contributed by atoms with Crippen LogP contribution >= 0.6 is 15.9 Å². The number of carbonyl (C=O) groups is 1. The van der Waals surface area contributed by atoms with E-state index >= 15 is 0 Å². The molecule has 1 saturated heterocycles. The van der Waals surface area contributed by atoms with Crippen molar-refractivity contribution in [2.75, 3.05) is 33.2 Å². The van der Waals surface area contributed by atoms with Crippen LogP contribution in [0.5, 0.6) is 0 Å². The Morgan fingerprint density at radius 2 is 2.00 bits per heavy atom. The number of nitrogens with zero attached hydrogens (tertiary/aromatic N) is 2. The Labute approximate surface area is 114 Å². The summed E-state index contributed by atoms with van der Waals surface area (Å²) in [5.41, 5.74) is 2.79. The van der Waals surface area contributed by atoms with Crippen molar-refractivity contribution in [3.8, 4) is 0 Å². The summed E-state index contributed by atoms with van der Waals surface area (Å²) in [7, 11) is 2.03. The first kappa shape index (κ1) is 13.5. The van der Waals surface area contributed by atoms with Gasteiger partial charge in [-0.15, -0.1) is 0 Å². The summed E-state index contributed by atoms with van der Waals surface area (Å²) in [6, 6.07) is 4.34. The van der Waals surface area contributed by atoms with Crippen molar-refractivity contribution in [2.24, 2.45) is 0 Å². The normalized spacial score (nSPS) is 17.7. The molecular formula is C12H15BrFN3O. The molecule has 0 atom stereocenters. The van der Waals surface area contributed by atoms with E-state index in [2.05, 4.69) is 26.3 Å². The van der Waals surface area contributed by atoms with Crippen LogP contribution in [0.1, 0.15) is 10.4 Å². The van der Waals surface area contributed by atoms with Crippen molar-refractivity contribution in [3.63, 3.8) is 0 Å². The van der Waals surface area contributed by atoms with Gasteiger partial charge in [0.05, 0.1) is 5.56 Å². The summed E-state index contributed by atoms with van der Waals surface area (Å²) in [4.78, 5) is 14.1. The lowest BCUT2D eigenvalue weighted by Crippen LogP contribution is -2.52. The molecule has 0 radical (unpaired) electrons. The van der Waals surface area contributed by atoms with E-state index in [1.807, 2.05) is 12.1 Å². The van der Waals surface area contributed by atoms with Gasteiger partial charge in [-0.1, -0.05) is 15.9 Å². The van der Waals surface area contributed by atoms with Crippen LogP contribution in [0.4, 0.5) is 4.39 Å². The molecule has 0 saturated carbocycles. The van der Waals surface area contributed by atoms with E-state index in [9.17, 15) is 9.18 Å². The van der Waals surface area contributed by atoms with Gasteiger partial charge < -0.3 is 4.90 Å². The Hall–Kier alpha value is -0.980. The van der Waals surface area contributed by atoms with Gasteiger partial charge in [-0.2, -0.15) is 0 Å². The van der Waals surface area contributed by atoms with Crippen molar-refractivity contribution in [1.29, 1.82) is 0 Å². The number of carbonyl (C=O) groups excluding carboxylic acids is 1. The summed E-state index contributed by atoms with van der Waals surface area (Å²) in [5, 5.41) is 1.82. The van der Waals surface area contributed by atoms with Gasteiger partial charge in [0.1, 0.15) is 5.82 Å². The minimum atomic E-state index is -0.509. The molecule has 6 heteroatoms. The highest BCUT2D eigenvalue weighted by molar-refractivity contribution is 9.10. The fraction of sp³-hybridized carbons (Fsp3) is 0.417. The van der Waals surface area contributed by atoms with Gasteiger partial charge in [-0.05, 0) is 25.2 Å². The molecule has 98 valence electrons. The molecule has 1 aliphatic heterocycles. The number of nitrogens with one attached hydrogen (secondary N) is 1. The third kappa shape index (κ3) is 3.28. The van der Waals surface area contributed by atoms with E-state index < -0.39 is 11.7 Å². The van der Waals surface area contributed by atoms with E-state index in [1.165, 1.54) is 12.1 Å². The average Bonchev–Trinajstić information content (AvgIpc) is 2.35. The van der Waals surface area contributed by atoms with Gasteiger partial charge in [0.2, 0.25) is 0 Å². The Morgan fingerprint density at radius 1 is 1.33 bits per heavy atom. The number of rotatable bonds is 2. The van der Waals surface area contributed by atoms with Crippen LogP contribution in [0.25, 0.3) is 0 Å². The lowest BCUT2D eigenvalue weighted by molar-refractivity contribution is 0.0658. The van der Waals surface area contributed by atoms with E-state index in [0.29, 0.717) is 4.47 Å². The van der Waals surface area contributed by atoms with Gasteiger partial charge in [0.15, 0.2) is 0 Å². The average molecular weight is 316 g/mol. The van der Waals surface area contributed by atoms with E-state index in [1.54, 1.807) is 6.07 Å². The SMILES string of the molecule is CN1CCN(NC(=O)c2cc(Br)ccc2F)CC1. The Kier molecular flexibility index (Phi) is 4.31. The smallest absolute Gasteiger partial charge is 0.268 e. The summed E-state index contributed by atoms with van der Waals surface area (Å²) < 4.78 is 14.2. The predicted molar refractivity (Wildman–Crippen MR) is 70.6 cm³/mol. The first-order valence-electron chi connectivity index (χ1n) is 5.76. The largest absolute Gasteiger partial charge is 0.304 e. The number of hydrogen-bond acceptors (Lipinski definition) is 3. The molecule has 0 bridgehead atoms. The lowest BCUT2D eigenvalue weighted by Gasteiger charge is -2.32. The fourth-order valence-electron chi connectivity index (χ4n) is 1.79. The highest BCUT2D eigenvalue weighted by Crippen LogP contribution is 2.15. The Balaban J connectivity index is 2.01. The van der Waals surface area contributed by atoms with Crippen LogP contribution in [-0.4, -0.2) is 49.0 Å². The molecule has 0 aliphatic carbocycles. The van der Waals surface area contributed by atoms with Gasteiger partial charge in [0.25, 0.3) is 5.91 Å². The number of likely N-dealkylation sites (N-methyl/N-ethyl adjacent to an activating group) is 1. The number of halogens is 2. The summed E-state index contributed by atoms with van der Waals surface area (Å²) in [6.07, 6.45) is 0. The quantitative estimate of drug-likeness (QED) is 0.898. The van der Waals surface area contributed by atoms with Crippen LogP contribution in [0.15, 0.2) is 22.7 Å². The monoisotopic (exact) mass is 315 g/mol. The molecule has 4 nitrogen and oxygen atoms in total. The van der Waals surface area contributed by atoms with Crippen LogP contribution in [0.3, 0.4) is 0 Å². The molecule has 1 aromatic rings. The fourth-order valence-corrected chi connectivity index (χ4v) is 2.15. The lowest BCUT2D eigenvalue weighted by atomic mass is 10.2. The first-order chi connectivity index (χ1) is 8.56. The summed E-state index contributed by atoms with van der Waals surface area (Å²) in [5.74, 6) is -0.914. The van der Waals surface area contributed by atoms with Crippen LogP contribution in [-0.2, 0) is 0 Å². The highest BCUT2D eigenvalue weighted by atomic mass is 79.9. The predicted octanol–water partition coefficient (Wildman–Crippen LogP) is 1.48. The maximum absolute atomic E-state index is 13.5. The highest BCUT2D eigenvalue weighted by Gasteiger charge is 2.18. The second kappa shape index (κ2) is 5.77. The maximum atomic E-state index is 13.5. The number of hydrazine groups is 1. The Bertz CT molecular complexity index is 447. The Morgan fingerprint density at radius 3 is 2.67 bits per heavy atom. The molecule has 1 fully saturated rings. The second-order valence-electron chi connectivity index (χ2n) is 4.36. The molecule has 0 spiro atoms. The zero-order valence-electron chi connectivity index (χ0n) is 10.1. The number of hydrogen-bond donors (Lipinski definition) is 1. The number of benzene rings is 1. The van der Waals surface area contributed by atoms with Gasteiger partial charge in [-0.25, -0.2) is 9.40 Å². The summed E-state index contributed by atoms with van der Waals surface area (Å²) in [6.45, 7) is 3.28. The molecule has 0 unspecified atom stereocenters. The molecule has 18 heavy (non-hydrogen) atoms. The zero-order valence-corrected chi connectivity index (χ0v) is 11.7. The standard InChI is InChI=1S/C12H15BrFN3O/c1-16-4-6-17(7-5-16)15-12(18)10-8-9(13)2-3-11(10)14/h2-3,8H,4-7H2,1H3,(H,15,18). The molecule has 1 aromatic carbocycles. The molecule has 2 rings (SSSR count). The molecule has 1 aliphatic rings. The van der Waals surface area contributed by atoms with Crippen LogP contribution in [0.2, 0.25) is 0 Å². The molecule has 1 heterocycles. The van der Waals surface area contributed by atoms with Crippen molar-refractivity contribution in [2.45, 2.75) is 0 Å². The molecule has 1 amide bonds. The van der Waals surface area contributed by atoms with Crippen LogP contribution in [0, 0.1) is 5.82 Å². The van der Waals surface area contributed by atoms with Crippen molar-refractivity contribution >= 4 is 21.8 Å². The minimum Gasteiger partial charge on any atom is -0.304 e. The number of piperazine rings is 1. The zero-order chi connectivity index (χ0) is 13.1. The van der Waals surface area contributed by atoms with Gasteiger partial charge in [-0.3, -0.25) is 10.2 Å². The van der Waals surface area contributed by atoms with Gasteiger partial charge >= 0.3 is 0 Å². The van der Waals surface area contributed by atoms with Crippen molar-refractivity contribution < 1.29 is 9.18 Å². The van der Waals surface area contributed by atoms with Crippen LogP contribution < -0.4 is 5.43 Å². The van der Waals surface area contributed by atoms with Gasteiger partial charge in [0, 0.05) is 30.7 Å². The van der Waals surface area contributed by atoms with E-state index in [-0.39, 0.29) is 5.56 Å². The minimum absolute atomic E-state index is 0.0586. The van der Waals surface area contributed by atoms with E-state index in [4.69, 9.17) is 0 Å². The second-order valence-corrected chi connectivity index (χ2v) is 5.27.